The first-order valence-electron chi connectivity index (χ1n) is 5.36. The van der Waals surface area contributed by atoms with Gasteiger partial charge in [0.1, 0.15) is 17.7 Å². The lowest BCUT2D eigenvalue weighted by atomic mass is 10.1. The number of carbonyl (C=O) groups is 1. The number of carboxylic acid groups (broad SMARTS) is 1. The molecule has 0 bridgehead atoms. The van der Waals surface area contributed by atoms with Crippen LogP contribution < -0.4 is 10.9 Å². The number of rotatable bonds is 4. The number of anilines is 1. The molecule has 0 spiro atoms. The van der Waals surface area contributed by atoms with Gasteiger partial charge in [0.2, 0.25) is 10.3 Å². The van der Waals surface area contributed by atoms with Crippen LogP contribution in [0.25, 0.3) is 0 Å². The molecule has 0 fully saturated rings. The minimum Gasteiger partial charge on any atom is -0.480 e. The summed E-state index contributed by atoms with van der Waals surface area (Å²) in [5, 5.41) is 11.2. The van der Waals surface area contributed by atoms with E-state index in [0.29, 0.717) is 11.3 Å². The Morgan fingerprint density at radius 1 is 1.32 bits per heavy atom. The molecule has 7 nitrogen and oxygen atoms in total. The smallest absolute Gasteiger partial charge is 0.323 e. The molecule has 0 radical (unpaired) electrons. The number of carboxylic acids is 1. The quantitative estimate of drug-likeness (QED) is 0.749. The molecule has 0 aliphatic rings. The van der Waals surface area contributed by atoms with Crippen molar-refractivity contribution < 1.29 is 18.3 Å². The van der Waals surface area contributed by atoms with Crippen LogP contribution >= 0.6 is 0 Å². The fourth-order valence-corrected chi connectivity index (χ4v) is 1.93. The highest BCUT2D eigenvalue weighted by molar-refractivity contribution is 7.71. The van der Waals surface area contributed by atoms with Crippen LogP contribution in [-0.4, -0.2) is 29.6 Å². The van der Waals surface area contributed by atoms with E-state index in [4.69, 9.17) is 5.11 Å². The first kappa shape index (κ1) is 15.0. The van der Waals surface area contributed by atoms with Gasteiger partial charge in [-0.05, 0) is 31.9 Å². The summed E-state index contributed by atoms with van der Waals surface area (Å²) in [6.07, 6.45) is 0. The Labute approximate surface area is 111 Å². The van der Waals surface area contributed by atoms with Crippen LogP contribution in [0.3, 0.4) is 0 Å². The van der Waals surface area contributed by atoms with Gasteiger partial charge in [0.25, 0.3) is 5.56 Å². The first-order valence-corrected chi connectivity index (χ1v) is 6.49. The highest BCUT2D eigenvalue weighted by Crippen LogP contribution is 2.17. The number of pyridine rings is 1. The van der Waals surface area contributed by atoms with Gasteiger partial charge < -0.3 is 10.4 Å². The van der Waals surface area contributed by atoms with E-state index >= 15 is 0 Å². The average molecular weight is 286 g/mol. The average Bonchev–Trinajstić information content (AvgIpc) is 2.31. The summed E-state index contributed by atoms with van der Waals surface area (Å²) in [6.45, 7) is 4.58. The Balaban J connectivity index is 3.56. The Hall–Kier alpha value is -2.09. The predicted molar refractivity (Wildman–Crippen MR) is 71.2 cm³/mol. The van der Waals surface area contributed by atoms with Crippen molar-refractivity contribution in [2.75, 3.05) is 5.32 Å². The zero-order chi connectivity index (χ0) is 14.7. The van der Waals surface area contributed by atoms with E-state index in [1.165, 1.54) is 0 Å². The Kier molecular flexibility index (Phi) is 4.49. The molecule has 19 heavy (non-hydrogen) atoms. The first-order chi connectivity index (χ1) is 8.75. The highest BCUT2D eigenvalue weighted by atomic mass is 32.2. The Bertz CT molecular complexity index is 708. The topological polar surface area (TPSA) is 105 Å². The monoisotopic (exact) mass is 286 g/mol. The second kappa shape index (κ2) is 5.70. The largest absolute Gasteiger partial charge is 0.480 e. The molecule has 0 saturated carbocycles. The zero-order valence-corrected chi connectivity index (χ0v) is 11.5. The van der Waals surface area contributed by atoms with Crippen LogP contribution in [0, 0.1) is 20.8 Å². The molecule has 1 aromatic heterocycles. The third-order valence-electron chi connectivity index (χ3n) is 2.94. The fraction of sp³-hybridized carbons (Fsp3) is 0.364. The summed E-state index contributed by atoms with van der Waals surface area (Å²) in [7, 11) is -2.46. The van der Waals surface area contributed by atoms with E-state index in [2.05, 4.69) is 5.32 Å². The van der Waals surface area contributed by atoms with Gasteiger partial charge in [0, 0.05) is 5.69 Å². The molecular formula is C11H14N2O5S. The van der Waals surface area contributed by atoms with E-state index in [1.54, 1.807) is 20.8 Å². The van der Waals surface area contributed by atoms with E-state index in [9.17, 15) is 18.0 Å². The number of aliphatic carboxylic acids is 1. The molecule has 0 aromatic carbocycles. The van der Waals surface area contributed by atoms with E-state index in [-0.39, 0.29) is 5.69 Å². The molecule has 2 N–H and O–H groups in total. The molecule has 0 unspecified atom stereocenters. The summed E-state index contributed by atoms with van der Waals surface area (Å²) in [5.41, 5.74) is 2.10. The Morgan fingerprint density at radius 2 is 1.89 bits per heavy atom. The number of aromatic nitrogens is 1. The van der Waals surface area contributed by atoms with Crippen molar-refractivity contribution >= 4 is 27.4 Å². The Morgan fingerprint density at radius 3 is 2.37 bits per heavy atom. The van der Waals surface area contributed by atoms with Crippen molar-refractivity contribution in [3.63, 3.8) is 0 Å². The maximum absolute atomic E-state index is 12.1. The van der Waals surface area contributed by atoms with Crippen molar-refractivity contribution in [3.05, 3.63) is 27.2 Å². The minimum absolute atomic E-state index is 0.0635. The molecule has 0 aliphatic carbocycles. The van der Waals surface area contributed by atoms with Crippen molar-refractivity contribution in [1.82, 2.24) is 4.57 Å². The van der Waals surface area contributed by atoms with Gasteiger partial charge in [-0.3, -0.25) is 14.2 Å². The van der Waals surface area contributed by atoms with Crippen LogP contribution in [0.1, 0.15) is 16.8 Å². The van der Waals surface area contributed by atoms with Crippen molar-refractivity contribution in [3.8, 4) is 0 Å². The molecule has 0 saturated heterocycles. The number of nitrogens with one attached hydrogen (secondary N) is 1. The molecule has 1 heterocycles. The van der Waals surface area contributed by atoms with Gasteiger partial charge >= 0.3 is 5.97 Å². The molecule has 0 amide bonds. The fourth-order valence-electron chi connectivity index (χ4n) is 1.71. The lowest BCUT2D eigenvalue weighted by Crippen LogP contribution is -2.30. The summed E-state index contributed by atoms with van der Waals surface area (Å²) < 4.78 is 22.1. The van der Waals surface area contributed by atoms with Gasteiger partial charge in [0.15, 0.2) is 0 Å². The standard InChI is InChI=1S/C11H14N2O5S/c1-6-7(2)10(12-5-19(17)18)11(16)13(8(6)3)4-9(14)15/h5,12H,4H2,1-3H3,(H,14,15). The van der Waals surface area contributed by atoms with Crippen molar-refractivity contribution in [2.24, 2.45) is 0 Å². The normalized spacial score (nSPS) is 10.1. The van der Waals surface area contributed by atoms with E-state index in [0.717, 1.165) is 15.6 Å². The van der Waals surface area contributed by atoms with Crippen LogP contribution in [0.2, 0.25) is 0 Å². The second-order valence-electron chi connectivity index (χ2n) is 4.02. The minimum atomic E-state index is -2.46. The SMILES string of the molecule is Cc1c(C)c(C)n(CC(=O)O)c(=O)c1NC=S(=O)=O. The molecule has 0 atom stereocenters. The molecular weight excluding hydrogens is 272 g/mol. The van der Waals surface area contributed by atoms with Crippen molar-refractivity contribution in [2.45, 2.75) is 27.3 Å². The predicted octanol–water partition coefficient (Wildman–Crippen LogP) is -0.0911. The van der Waals surface area contributed by atoms with Crippen LogP contribution in [0.5, 0.6) is 0 Å². The van der Waals surface area contributed by atoms with Gasteiger partial charge in [-0.15, -0.1) is 0 Å². The van der Waals surface area contributed by atoms with Crippen LogP contribution in [0.15, 0.2) is 4.79 Å². The van der Waals surface area contributed by atoms with Gasteiger partial charge in [-0.2, -0.15) is 8.42 Å². The van der Waals surface area contributed by atoms with E-state index < -0.39 is 28.4 Å². The number of hydrogen-bond acceptors (Lipinski definition) is 4. The molecule has 104 valence electrons. The lowest BCUT2D eigenvalue weighted by Gasteiger charge is -2.16. The van der Waals surface area contributed by atoms with Gasteiger partial charge in [-0.1, -0.05) is 0 Å². The number of hydrogen-bond donors (Lipinski definition) is 2. The summed E-state index contributed by atoms with van der Waals surface area (Å²) in [6, 6.07) is 0. The maximum atomic E-state index is 12.1. The lowest BCUT2D eigenvalue weighted by molar-refractivity contribution is -0.137. The van der Waals surface area contributed by atoms with E-state index in [1.807, 2.05) is 0 Å². The van der Waals surface area contributed by atoms with Crippen molar-refractivity contribution in [1.29, 1.82) is 0 Å². The highest BCUT2D eigenvalue weighted by Gasteiger charge is 2.15. The zero-order valence-electron chi connectivity index (χ0n) is 10.7. The molecule has 0 aliphatic heterocycles. The maximum Gasteiger partial charge on any atom is 0.323 e. The summed E-state index contributed by atoms with van der Waals surface area (Å²) >= 11 is 0. The molecule has 8 heteroatoms. The number of nitrogens with zero attached hydrogens (tertiary/aromatic N) is 1. The van der Waals surface area contributed by atoms with Crippen LogP contribution in [0.4, 0.5) is 5.69 Å². The van der Waals surface area contributed by atoms with Gasteiger partial charge in [0.05, 0.1) is 0 Å². The molecule has 1 aromatic rings. The summed E-state index contributed by atoms with van der Waals surface area (Å²) in [4.78, 5) is 22.9. The third-order valence-corrected chi connectivity index (χ3v) is 3.25. The summed E-state index contributed by atoms with van der Waals surface area (Å²) in [5.74, 6) is -1.14. The molecule has 1 rings (SSSR count). The second-order valence-corrected chi connectivity index (χ2v) is 4.77. The van der Waals surface area contributed by atoms with Gasteiger partial charge in [-0.25, -0.2) is 0 Å². The van der Waals surface area contributed by atoms with Crippen LogP contribution in [-0.2, 0) is 21.6 Å². The third kappa shape index (κ3) is 3.22.